The van der Waals surface area contributed by atoms with Gasteiger partial charge in [0.15, 0.2) is 0 Å². The monoisotopic (exact) mass is 509 g/mol. The summed E-state index contributed by atoms with van der Waals surface area (Å²) in [7, 11) is 0. The van der Waals surface area contributed by atoms with Crippen molar-refractivity contribution < 1.29 is 14.3 Å². The minimum atomic E-state index is -0.938. The molecule has 2 N–H and O–H groups in total. The summed E-state index contributed by atoms with van der Waals surface area (Å²) >= 11 is 23.7. The number of ether oxygens (including phenoxy) is 1. The molecule has 3 aromatic rings. The lowest BCUT2D eigenvalue weighted by atomic mass is 10.2. The number of hydrogen-bond donors (Lipinski definition) is 2. The first-order valence-electron chi connectivity index (χ1n) is 9.08. The van der Waals surface area contributed by atoms with E-state index >= 15 is 0 Å². The minimum Gasteiger partial charge on any atom is -0.489 e. The van der Waals surface area contributed by atoms with Crippen LogP contribution in [-0.2, 0) is 16.2 Å². The van der Waals surface area contributed by atoms with Crippen molar-refractivity contribution in [3.8, 4) is 5.75 Å². The Balaban J connectivity index is 1.49. The Morgan fingerprint density at radius 3 is 2.28 bits per heavy atom. The third-order valence-corrected chi connectivity index (χ3v) is 5.38. The van der Waals surface area contributed by atoms with Crippen molar-refractivity contribution in [1.82, 2.24) is 5.43 Å². The van der Waals surface area contributed by atoms with Crippen LogP contribution < -0.4 is 15.5 Å². The summed E-state index contributed by atoms with van der Waals surface area (Å²) in [5, 5.41) is 7.85. The maximum Gasteiger partial charge on any atom is 0.329 e. The number of nitrogens with one attached hydrogen (secondary N) is 2. The van der Waals surface area contributed by atoms with Crippen LogP contribution in [0.4, 0.5) is 5.69 Å². The number of hydrazone groups is 1. The molecule has 0 atom stereocenters. The molecular weight excluding hydrogens is 496 g/mol. The number of halogens is 4. The van der Waals surface area contributed by atoms with Crippen LogP contribution in [0.25, 0.3) is 0 Å². The van der Waals surface area contributed by atoms with E-state index in [1.165, 1.54) is 24.4 Å². The van der Waals surface area contributed by atoms with Gasteiger partial charge < -0.3 is 10.1 Å². The second-order valence-electron chi connectivity index (χ2n) is 6.38. The van der Waals surface area contributed by atoms with Crippen LogP contribution in [0.15, 0.2) is 65.8 Å². The predicted molar refractivity (Wildman–Crippen MR) is 128 cm³/mol. The topological polar surface area (TPSA) is 79.8 Å². The molecule has 164 valence electrons. The number of nitrogens with zero attached hydrogens (tertiary/aromatic N) is 1. The highest BCUT2D eigenvalue weighted by molar-refractivity contribution is 6.43. The van der Waals surface area contributed by atoms with E-state index in [1.54, 1.807) is 42.5 Å². The van der Waals surface area contributed by atoms with Crippen molar-refractivity contribution in [1.29, 1.82) is 0 Å². The first-order valence-corrected chi connectivity index (χ1v) is 10.6. The zero-order chi connectivity index (χ0) is 23.1. The Labute approximate surface area is 204 Å². The summed E-state index contributed by atoms with van der Waals surface area (Å²) in [6.45, 7) is 0.285. The van der Waals surface area contributed by atoms with Crippen molar-refractivity contribution in [3.63, 3.8) is 0 Å². The van der Waals surface area contributed by atoms with Crippen LogP contribution in [0.2, 0.25) is 20.1 Å². The summed E-state index contributed by atoms with van der Waals surface area (Å²) in [6, 6.07) is 16.6. The average Bonchev–Trinajstić information content (AvgIpc) is 2.76. The molecule has 3 rings (SSSR count). The Kier molecular flexibility index (Phi) is 8.36. The maximum atomic E-state index is 11.9. The third kappa shape index (κ3) is 6.87. The zero-order valence-corrected chi connectivity index (χ0v) is 19.3. The van der Waals surface area contributed by atoms with Gasteiger partial charge >= 0.3 is 11.8 Å². The fourth-order valence-electron chi connectivity index (χ4n) is 2.43. The smallest absolute Gasteiger partial charge is 0.329 e. The third-order valence-electron chi connectivity index (χ3n) is 4.05. The van der Waals surface area contributed by atoms with Gasteiger partial charge in [0, 0.05) is 21.3 Å². The molecule has 0 saturated heterocycles. The van der Waals surface area contributed by atoms with Gasteiger partial charge in [0.1, 0.15) is 12.4 Å². The quantitative estimate of drug-likeness (QED) is 0.243. The molecule has 0 unspecified atom stereocenters. The molecule has 3 aromatic carbocycles. The molecule has 0 radical (unpaired) electrons. The van der Waals surface area contributed by atoms with E-state index in [0.29, 0.717) is 32.1 Å². The molecular formula is C22H15Cl4N3O3. The van der Waals surface area contributed by atoms with Gasteiger partial charge in [-0.3, -0.25) is 9.59 Å². The van der Waals surface area contributed by atoms with E-state index in [0.717, 1.165) is 5.56 Å². The molecule has 6 nitrogen and oxygen atoms in total. The molecule has 0 spiro atoms. The van der Waals surface area contributed by atoms with Gasteiger partial charge in [0.2, 0.25) is 0 Å². The number of benzene rings is 3. The van der Waals surface area contributed by atoms with Crippen molar-refractivity contribution in [3.05, 3.63) is 91.9 Å². The molecule has 0 saturated carbocycles. The second kappa shape index (κ2) is 11.2. The van der Waals surface area contributed by atoms with Crippen LogP contribution in [-0.4, -0.2) is 18.0 Å². The number of rotatable bonds is 6. The van der Waals surface area contributed by atoms with Crippen LogP contribution in [0.3, 0.4) is 0 Å². The molecule has 0 bridgehead atoms. The highest BCUT2D eigenvalue weighted by atomic mass is 35.5. The van der Waals surface area contributed by atoms with E-state index in [9.17, 15) is 9.59 Å². The number of carbonyl (C=O) groups is 2. The van der Waals surface area contributed by atoms with Gasteiger partial charge in [-0.25, -0.2) is 5.43 Å². The van der Waals surface area contributed by atoms with Gasteiger partial charge in [-0.05, 0) is 60.2 Å². The first-order chi connectivity index (χ1) is 15.3. The number of hydrogen-bond acceptors (Lipinski definition) is 4. The van der Waals surface area contributed by atoms with Gasteiger partial charge in [-0.15, -0.1) is 0 Å². The molecule has 0 aliphatic carbocycles. The SMILES string of the molecule is O=C(N/N=C/c1ccc(OCc2ccc(Cl)cc2Cl)cc1)C(=O)Nc1ccc(Cl)c(Cl)c1. The summed E-state index contributed by atoms with van der Waals surface area (Å²) < 4.78 is 5.70. The molecule has 2 amide bonds. The van der Waals surface area contributed by atoms with E-state index in [-0.39, 0.29) is 11.6 Å². The fourth-order valence-corrected chi connectivity index (χ4v) is 3.19. The van der Waals surface area contributed by atoms with Crippen LogP contribution in [0, 0.1) is 0 Å². The molecule has 0 fully saturated rings. The largest absolute Gasteiger partial charge is 0.489 e. The normalized spacial score (nSPS) is 10.8. The van der Waals surface area contributed by atoms with Gasteiger partial charge in [-0.1, -0.05) is 52.5 Å². The van der Waals surface area contributed by atoms with Crippen LogP contribution in [0.1, 0.15) is 11.1 Å². The van der Waals surface area contributed by atoms with E-state index < -0.39 is 11.8 Å². The van der Waals surface area contributed by atoms with E-state index in [1.807, 2.05) is 0 Å². The Hall–Kier alpha value is -2.77. The van der Waals surface area contributed by atoms with Gasteiger partial charge in [-0.2, -0.15) is 5.10 Å². The first kappa shape index (κ1) is 23.9. The van der Waals surface area contributed by atoms with Crippen LogP contribution >= 0.6 is 46.4 Å². The minimum absolute atomic E-state index is 0.256. The highest BCUT2D eigenvalue weighted by Gasteiger charge is 2.13. The molecule has 0 aliphatic rings. The number of carbonyl (C=O) groups excluding carboxylic acids is 2. The zero-order valence-electron chi connectivity index (χ0n) is 16.2. The summed E-state index contributed by atoms with van der Waals surface area (Å²) in [5.74, 6) is -1.21. The molecule has 0 aliphatic heterocycles. The van der Waals surface area contributed by atoms with Crippen molar-refractivity contribution in [2.24, 2.45) is 5.10 Å². The van der Waals surface area contributed by atoms with Crippen molar-refractivity contribution >= 4 is 70.1 Å². The van der Waals surface area contributed by atoms with E-state index in [4.69, 9.17) is 51.1 Å². The Morgan fingerprint density at radius 2 is 1.59 bits per heavy atom. The summed E-state index contributed by atoms with van der Waals surface area (Å²) in [4.78, 5) is 23.8. The summed E-state index contributed by atoms with van der Waals surface area (Å²) in [5.41, 5.74) is 3.98. The fraction of sp³-hybridized carbons (Fsp3) is 0.0455. The molecule has 0 heterocycles. The maximum absolute atomic E-state index is 11.9. The number of amides is 2. The lowest BCUT2D eigenvalue weighted by molar-refractivity contribution is -0.136. The lowest BCUT2D eigenvalue weighted by Crippen LogP contribution is -2.32. The Morgan fingerprint density at radius 1 is 0.844 bits per heavy atom. The Bertz CT molecular complexity index is 1170. The summed E-state index contributed by atoms with van der Waals surface area (Å²) in [6.07, 6.45) is 1.39. The lowest BCUT2D eigenvalue weighted by Gasteiger charge is -2.08. The standard InChI is InChI=1S/C22H15Cl4N3O3/c23-15-4-3-14(19(25)9-15)12-32-17-6-1-13(2-7-17)11-27-29-22(31)21(30)28-16-5-8-18(24)20(26)10-16/h1-11H,12H2,(H,28,30)(H,29,31)/b27-11+. The highest BCUT2D eigenvalue weighted by Crippen LogP contribution is 2.25. The molecule has 10 heteroatoms. The second-order valence-corrected chi connectivity index (χ2v) is 8.03. The average molecular weight is 511 g/mol. The number of anilines is 1. The van der Waals surface area contributed by atoms with E-state index in [2.05, 4.69) is 15.8 Å². The molecule has 0 aromatic heterocycles. The van der Waals surface area contributed by atoms with Crippen LogP contribution in [0.5, 0.6) is 5.75 Å². The van der Waals surface area contributed by atoms with Crippen molar-refractivity contribution in [2.75, 3.05) is 5.32 Å². The van der Waals surface area contributed by atoms with Gasteiger partial charge in [0.05, 0.1) is 16.3 Å². The van der Waals surface area contributed by atoms with Crippen molar-refractivity contribution in [2.45, 2.75) is 6.61 Å². The molecule has 32 heavy (non-hydrogen) atoms. The van der Waals surface area contributed by atoms with Gasteiger partial charge in [0.25, 0.3) is 0 Å². The predicted octanol–water partition coefficient (Wildman–Crippen LogP) is 5.97.